The van der Waals surface area contributed by atoms with Crippen LogP contribution in [0.25, 0.3) is 10.9 Å². The predicted molar refractivity (Wildman–Crippen MR) is 189 cm³/mol. The summed E-state index contributed by atoms with van der Waals surface area (Å²) in [5, 5.41) is 21.7. The Balaban J connectivity index is 1.09. The van der Waals surface area contributed by atoms with Crippen molar-refractivity contribution in [3.05, 3.63) is 76.7 Å². The van der Waals surface area contributed by atoms with E-state index in [2.05, 4.69) is 106 Å². The van der Waals surface area contributed by atoms with Gasteiger partial charge in [-0.25, -0.2) is 0 Å². The summed E-state index contributed by atoms with van der Waals surface area (Å²) in [5.74, 6) is 3.13. The minimum atomic E-state index is -0.148. The zero-order valence-electron chi connectivity index (χ0n) is 27.8. The van der Waals surface area contributed by atoms with Crippen LogP contribution >= 0.6 is 11.6 Å². The summed E-state index contributed by atoms with van der Waals surface area (Å²) in [6.07, 6.45) is 12.8. The van der Waals surface area contributed by atoms with Gasteiger partial charge in [-0.1, -0.05) is 41.9 Å². The maximum Gasteiger partial charge on any atom is 0.103 e. The third kappa shape index (κ3) is 5.92. The highest BCUT2D eigenvalue weighted by atomic mass is 35.5. The van der Waals surface area contributed by atoms with E-state index in [0.717, 1.165) is 71.3 Å². The summed E-state index contributed by atoms with van der Waals surface area (Å²) in [5.41, 5.74) is 12.4. The molecule has 0 spiro atoms. The number of nitrogens with zero attached hydrogens (tertiary/aromatic N) is 4. The lowest BCUT2D eigenvalue weighted by molar-refractivity contribution is 0.00757. The van der Waals surface area contributed by atoms with E-state index in [1.54, 1.807) is 6.20 Å². The van der Waals surface area contributed by atoms with Crippen molar-refractivity contribution in [1.29, 1.82) is 5.26 Å². The predicted octanol–water partition coefficient (Wildman–Crippen LogP) is 7.58. The molecule has 2 aliphatic heterocycles. The molecule has 5 fully saturated rings. The van der Waals surface area contributed by atoms with Crippen molar-refractivity contribution in [2.45, 2.75) is 89.4 Å². The Kier molecular flexibility index (Phi) is 7.98. The number of pyridine rings is 1. The Morgan fingerprint density at radius 3 is 2.36 bits per heavy atom. The van der Waals surface area contributed by atoms with Crippen LogP contribution in [0.3, 0.4) is 0 Å². The van der Waals surface area contributed by atoms with Gasteiger partial charge in [0, 0.05) is 54.2 Å². The van der Waals surface area contributed by atoms with Gasteiger partial charge in [-0.15, -0.1) is 5.53 Å². The first kappa shape index (κ1) is 30.8. The molecule has 3 heterocycles. The quantitative estimate of drug-likeness (QED) is 0.208. The van der Waals surface area contributed by atoms with Crippen molar-refractivity contribution in [2.24, 2.45) is 23.7 Å². The van der Waals surface area contributed by atoms with Crippen LogP contribution in [0, 0.1) is 35.0 Å². The van der Waals surface area contributed by atoms with Crippen molar-refractivity contribution in [3.8, 4) is 6.07 Å². The number of anilines is 2. The van der Waals surface area contributed by atoms with Gasteiger partial charge >= 0.3 is 0 Å². The Bertz CT molecular complexity index is 1670. The van der Waals surface area contributed by atoms with E-state index in [1.165, 1.54) is 32.1 Å². The molecule has 9 heteroatoms. The maximum absolute atomic E-state index is 10.2. The molecule has 4 aliphatic carbocycles. The van der Waals surface area contributed by atoms with E-state index in [1.807, 2.05) is 6.07 Å². The molecule has 4 bridgehead atoms. The first-order valence-corrected chi connectivity index (χ1v) is 18.0. The Hall–Kier alpha value is -3.51. The molecular weight excluding hydrogens is 604 g/mol. The Morgan fingerprint density at radius 1 is 1.00 bits per heavy atom. The molecule has 1 saturated heterocycles. The monoisotopic (exact) mass is 650 g/mol. The summed E-state index contributed by atoms with van der Waals surface area (Å²) in [4.78, 5) is 7.25. The normalized spacial score (nSPS) is 28.2. The average molecular weight is 651 g/mol. The molecule has 9 rings (SSSR count). The number of halogens is 1. The Morgan fingerprint density at radius 2 is 1.70 bits per heavy atom. The van der Waals surface area contributed by atoms with Gasteiger partial charge in [0.2, 0.25) is 0 Å². The standard InChI is InChI=1S/C38H47ClN8/c1-38(2,3)46-11-9-30(10-12-46)47-22-33(44-45-47)36(25-7-5-4-6-8-25)42-29-18-31-35(28(20-40)21-41-37(31)32(39)19-29)43-34-26-14-23-13-24(16-26)17-27(34)15-23/h4-8,18-19,21-24,26-27,30,34,36,42,44-45H,9-17H2,1-3H3,(H,41,43)/t23?,24?,26?,27?,34?,36-/m0/s1. The van der Waals surface area contributed by atoms with Crippen molar-refractivity contribution < 1.29 is 0 Å². The molecule has 0 unspecified atom stereocenters. The van der Waals surface area contributed by atoms with Gasteiger partial charge in [0.25, 0.3) is 0 Å². The van der Waals surface area contributed by atoms with E-state index in [9.17, 15) is 5.26 Å². The number of hydrazine groups is 2. The molecule has 1 aromatic heterocycles. The first-order valence-electron chi connectivity index (χ1n) is 17.6. The number of piperidine rings is 1. The fourth-order valence-corrected chi connectivity index (χ4v) is 9.83. The molecule has 0 amide bonds. The third-order valence-electron chi connectivity index (χ3n) is 11.8. The molecule has 1 atom stereocenters. The highest BCUT2D eigenvalue weighted by molar-refractivity contribution is 6.35. The molecule has 2 aromatic carbocycles. The molecule has 8 nitrogen and oxygen atoms in total. The number of nitriles is 1. The zero-order chi connectivity index (χ0) is 32.3. The highest BCUT2D eigenvalue weighted by Gasteiger charge is 2.48. The van der Waals surface area contributed by atoms with Crippen LogP contribution in [-0.4, -0.2) is 45.6 Å². The van der Waals surface area contributed by atoms with Gasteiger partial charge < -0.3 is 16.1 Å². The SMILES string of the molecule is CC(C)(C)N1CCC(N2C=C([C@@H](Nc3cc(Cl)c4ncc(C#N)c(NC5C6CC7CC(C6)CC5C7)c4c3)c3ccccc3)NN2)CC1. The van der Waals surface area contributed by atoms with Crippen LogP contribution < -0.4 is 21.6 Å². The second kappa shape index (κ2) is 12.2. The number of rotatable bonds is 7. The largest absolute Gasteiger partial charge is 0.380 e. The minimum Gasteiger partial charge on any atom is -0.380 e. The van der Waals surface area contributed by atoms with E-state index in [-0.39, 0.29) is 11.6 Å². The number of nitrogens with one attached hydrogen (secondary N) is 4. The van der Waals surface area contributed by atoms with E-state index >= 15 is 0 Å². The highest BCUT2D eigenvalue weighted by Crippen LogP contribution is 2.54. The fourth-order valence-electron chi connectivity index (χ4n) is 9.57. The van der Waals surface area contributed by atoms with Crippen LogP contribution in [0.5, 0.6) is 0 Å². The molecule has 4 N–H and O–H groups in total. The summed E-state index contributed by atoms with van der Waals surface area (Å²) in [6, 6.07) is 17.7. The molecule has 246 valence electrons. The summed E-state index contributed by atoms with van der Waals surface area (Å²) < 4.78 is 0. The number of benzene rings is 2. The van der Waals surface area contributed by atoms with Gasteiger partial charge in [0.1, 0.15) is 6.07 Å². The molecule has 4 saturated carbocycles. The lowest BCUT2D eigenvalue weighted by atomic mass is 9.54. The molecule has 0 radical (unpaired) electrons. The summed E-state index contributed by atoms with van der Waals surface area (Å²) in [6.45, 7) is 9.08. The first-order chi connectivity index (χ1) is 22.7. The Labute approximate surface area is 283 Å². The lowest BCUT2D eigenvalue weighted by Crippen LogP contribution is -2.52. The molecule has 3 aromatic rings. The van der Waals surface area contributed by atoms with Gasteiger partial charge in [0.15, 0.2) is 0 Å². The van der Waals surface area contributed by atoms with Gasteiger partial charge in [-0.3, -0.25) is 14.9 Å². The van der Waals surface area contributed by atoms with E-state index in [4.69, 9.17) is 11.6 Å². The fraction of sp³-hybridized carbons (Fsp3) is 0.526. The minimum absolute atomic E-state index is 0.148. The smallest absolute Gasteiger partial charge is 0.103 e. The van der Waals surface area contributed by atoms with E-state index < -0.39 is 0 Å². The summed E-state index contributed by atoms with van der Waals surface area (Å²) in [7, 11) is 0. The van der Waals surface area contributed by atoms with Crippen molar-refractivity contribution >= 4 is 33.9 Å². The van der Waals surface area contributed by atoms with Crippen LogP contribution in [0.15, 0.2) is 60.6 Å². The van der Waals surface area contributed by atoms with Crippen LogP contribution in [-0.2, 0) is 0 Å². The second-order valence-electron chi connectivity index (χ2n) is 15.7. The maximum atomic E-state index is 10.2. The van der Waals surface area contributed by atoms with Crippen molar-refractivity contribution in [3.63, 3.8) is 0 Å². The van der Waals surface area contributed by atoms with Gasteiger partial charge in [0.05, 0.1) is 33.5 Å². The van der Waals surface area contributed by atoms with Crippen molar-refractivity contribution in [2.75, 3.05) is 23.7 Å². The lowest BCUT2D eigenvalue weighted by Gasteiger charge is -2.54. The number of likely N-dealkylation sites (tertiary alicyclic amines) is 1. The van der Waals surface area contributed by atoms with Gasteiger partial charge in [-0.2, -0.15) is 5.26 Å². The molecular formula is C38H47ClN8. The number of fused-ring (bicyclic) bond motifs is 1. The van der Waals surface area contributed by atoms with Crippen LogP contribution in [0.2, 0.25) is 5.02 Å². The number of hydrogen-bond acceptors (Lipinski definition) is 8. The second-order valence-corrected chi connectivity index (χ2v) is 16.1. The van der Waals surface area contributed by atoms with Gasteiger partial charge in [-0.05, 0) is 107 Å². The van der Waals surface area contributed by atoms with Crippen LogP contribution in [0.1, 0.15) is 82.9 Å². The molecule has 6 aliphatic rings. The third-order valence-corrected chi connectivity index (χ3v) is 12.0. The van der Waals surface area contributed by atoms with Crippen molar-refractivity contribution in [1.82, 2.24) is 25.9 Å². The van der Waals surface area contributed by atoms with Crippen LogP contribution in [0.4, 0.5) is 11.4 Å². The number of aromatic nitrogens is 1. The number of hydrogen-bond donors (Lipinski definition) is 4. The average Bonchev–Trinajstić information content (AvgIpc) is 3.55. The summed E-state index contributed by atoms with van der Waals surface area (Å²) >= 11 is 6.98. The topological polar surface area (TPSA) is 91.3 Å². The molecule has 47 heavy (non-hydrogen) atoms. The zero-order valence-corrected chi connectivity index (χ0v) is 28.5. The van der Waals surface area contributed by atoms with E-state index in [0.29, 0.717) is 34.5 Å².